The van der Waals surface area contributed by atoms with Crippen molar-refractivity contribution in [3.8, 4) is 0 Å². The van der Waals surface area contributed by atoms with Crippen LogP contribution in [0.25, 0.3) is 0 Å². The molecule has 0 unspecified atom stereocenters. The highest BCUT2D eigenvalue weighted by Crippen LogP contribution is 1.86. The third-order valence-electron chi connectivity index (χ3n) is 2.26. The predicted molar refractivity (Wildman–Crippen MR) is 96.4 cm³/mol. The molecule has 0 aromatic rings. The van der Waals surface area contributed by atoms with Gasteiger partial charge in [-0.2, -0.15) is 0 Å². The number of nitrogens with zero attached hydrogens (tertiary/aromatic N) is 1. The van der Waals surface area contributed by atoms with Crippen molar-refractivity contribution in [2.24, 2.45) is 4.99 Å². The summed E-state index contributed by atoms with van der Waals surface area (Å²) in [5, 5.41) is 6.05. The van der Waals surface area contributed by atoms with E-state index < -0.39 is 9.84 Å². The summed E-state index contributed by atoms with van der Waals surface area (Å²) in [4.78, 5) is 4.34. The van der Waals surface area contributed by atoms with Gasteiger partial charge in [-0.1, -0.05) is 0 Å². The topological polar surface area (TPSA) is 89.0 Å². The van der Waals surface area contributed by atoms with Gasteiger partial charge in [0.25, 0.3) is 0 Å². The Bertz CT molecular complexity index is 364. The SMILES string of the molecule is CCNC(=NCCCOCCOC)NCCS(C)(=O)=O.I. The minimum atomic E-state index is -2.95. The third kappa shape index (κ3) is 17.8. The zero-order valence-corrected chi connectivity index (χ0v) is 16.2. The van der Waals surface area contributed by atoms with Crippen LogP contribution in [0, 0.1) is 0 Å². The maximum atomic E-state index is 11.0. The highest BCUT2D eigenvalue weighted by molar-refractivity contribution is 14.0. The molecule has 0 heterocycles. The fourth-order valence-electron chi connectivity index (χ4n) is 1.30. The summed E-state index contributed by atoms with van der Waals surface area (Å²) in [5.74, 6) is 0.727. The molecule has 0 aromatic heterocycles. The number of halogens is 1. The minimum absolute atomic E-state index is 0. The lowest BCUT2D eigenvalue weighted by atomic mass is 10.4. The van der Waals surface area contributed by atoms with E-state index in [1.807, 2.05) is 6.92 Å². The molecule has 0 spiro atoms. The number of hydrogen-bond donors (Lipinski definition) is 2. The van der Waals surface area contributed by atoms with Gasteiger partial charge < -0.3 is 20.1 Å². The average molecular weight is 437 g/mol. The van der Waals surface area contributed by atoms with Gasteiger partial charge in [0.2, 0.25) is 0 Å². The minimum Gasteiger partial charge on any atom is -0.382 e. The normalized spacial score (nSPS) is 11.9. The van der Waals surface area contributed by atoms with Crippen LogP contribution in [-0.4, -0.2) is 73.0 Å². The van der Waals surface area contributed by atoms with Gasteiger partial charge in [-0.25, -0.2) is 8.42 Å². The fourth-order valence-corrected chi connectivity index (χ4v) is 1.77. The van der Waals surface area contributed by atoms with Crippen LogP contribution in [0.2, 0.25) is 0 Å². The summed E-state index contributed by atoms with van der Waals surface area (Å²) in [6.45, 7) is 5.49. The van der Waals surface area contributed by atoms with Crippen LogP contribution in [0.3, 0.4) is 0 Å². The van der Waals surface area contributed by atoms with Gasteiger partial charge in [0.15, 0.2) is 5.96 Å². The van der Waals surface area contributed by atoms with Gasteiger partial charge in [0.1, 0.15) is 9.84 Å². The number of nitrogens with one attached hydrogen (secondary N) is 2. The molecule has 7 nitrogen and oxygen atoms in total. The van der Waals surface area contributed by atoms with Crippen molar-refractivity contribution >= 4 is 39.8 Å². The molecule has 9 heteroatoms. The van der Waals surface area contributed by atoms with Crippen molar-refractivity contribution in [3.05, 3.63) is 0 Å². The lowest BCUT2D eigenvalue weighted by molar-refractivity contribution is 0.0702. The first kappa shape index (κ1) is 23.1. The molecule has 0 radical (unpaired) electrons. The first-order valence-corrected chi connectivity index (χ1v) is 8.82. The molecule has 0 aliphatic rings. The second kappa shape index (κ2) is 14.8. The van der Waals surface area contributed by atoms with E-state index in [0.717, 1.165) is 13.0 Å². The van der Waals surface area contributed by atoms with Gasteiger partial charge in [0, 0.05) is 39.6 Å². The van der Waals surface area contributed by atoms with Crippen LogP contribution in [0.15, 0.2) is 4.99 Å². The van der Waals surface area contributed by atoms with Crippen LogP contribution < -0.4 is 10.6 Å². The largest absolute Gasteiger partial charge is 0.382 e. The van der Waals surface area contributed by atoms with Gasteiger partial charge in [-0.3, -0.25) is 4.99 Å². The molecule has 128 valence electrons. The highest BCUT2D eigenvalue weighted by Gasteiger charge is 2.02. The first-order valence-electron chi connectivity index (χ1n) is 6.76. The monoisotopic (exact) mass is 437 g/mol. The Morgan fingerprint density at radius 1 is 1.19 bits per heavy atom. The Labute approximate surface area is 145 Å². The standard InChI is InChI=1S/C12H27N3O4S.HI/c1-4-13-12(15-7-11-20(3,16)17)14-6-5-8-19-10-9-18-2;/h4-11H2,1-3H3,(H2,13,14,15);1H. The number of guanidine groups is 1. The second-order valence-electron chi connectivity index (χ2n) is 4.28. The maximum absolute atomic E-state index is 11.0. The van der Waals surface area contributed by atoms with E-state index in [1.54, 1.807) is 7.11 Å². The van der Waals surface area contributed by atoms with Crippen LogP contribution in [0.1, 0.15) is 13.3 Å². The first-order chi connectivity index (χ1) is 9.49. The maximum Gasteiger partial charge on any atom is 0.191 e. The number of hydrogen-bond acceptors (Lipinski definition) is 5. The quantitative estimate of drug-likeness (QED) is 0.209. The number of ether oxygens (including phenoxy) is 2. The smallest absolute Gasteiger partial charge is 0.191 e. The number of methoxy groups -OCH3 is 1. The third-order valence-corrected chi connectivity index (χ3v) is 3.20. The molecule has 0 bridgehead atoms. The van der Waals surface area contributed by atoms with Crippen LogP contribution in [0.4, 0.5) is 0 Å². The summed E-state index contributed by atoms with van der Waals surface area (Å²) >= 11 is 0. The van der Waals surface area contributed by atoms with Gasteiger partial charge in [-0.05, 0) is 13.3 Å². The molecule has 0 saturated heterocycles. The van der Waals surface area contributed by atoms with Crippen molar-refractivity contribution in [1.82, 2.24) is 10.6 Å². The van der Waals surface area contributed by atoms with Gasteiger partial charge in [0.05, 0.1) is 19.0 Å². The zero-order valence-electron chi connectivity index (χ0n) is 13.1. The number of sulfone groups is 1. The van der Waals surface area contributed by atoms with Crippen LogP contribution >= 0.6 is 24.0 Å². The van der Waals surface area contributed by atoms with E-state index in [4.69, 9.17) is 9.47 Å². The molecule has 0 aliphatic heterocycles. The van der Waals surface area contributed by atoms with Gasteiger partial charge >= 0.3 is 0 Å². The summed E-state index contributed by atoms with van der Waals surface area (Å²) < 4.78 is 32.3. The summed E-state index contributed by atoms with van der Waals surface area (Å²) in [7, 11) is -1.31. The van der Waals surface area contributed by atoms with Crippen molar-refractivity contribution in [2.75, 3.05) is 58.6 Å². The summed E-state index contributed by atoms with van der Waals surface area (Å²) in [6, 6.07) is 0. The molecular formula is C12H28IN3O4S. The Morgan fingerprint density at radius 2 is 1.90 bits per heavy atom. The highest BCUT2D eigenvalue weighted by atomic mass is 127. The van der Waals surface area contributed by atoms with E-state index >= 15 is 0 Å². The Morgan fingerprint density at radius 3 is 2.48 bits per heavy atom. The fraction of sp³-hybridized carbons (Fsp3) is 0.917. The van der Waals surface area contributed by atoms with Crippen molar-refractivity contribution in [3.63, 3.8) is 0 Å². The van der Waals surface area contributed by atoms with E-state index in [0.29, 0.717) is 38.9 Å². The Hall–Kier alpha value is -0.130. The zero-order chi connectivity index (χ0) is 15.3. The van der Waals surface area contributed by atoms with E-state index in [1.165, 1.54) is 6.26 Å². The number of aliphatic imine (C=N–C) groups is 1. The Kier molecular flexibility index (Phi) is 16.3. The molecule has 0 aliphatic carbocycles. The molecule has 0 aromatic carbocycles. The van der Waals surface area contributed by atoms with E-state index in [9.17, 15) is 8.42 Å². The average Bonchev–Trinajstić information content (AvgIpc) is 2.36. The molecule has 0 fully saturated rings. The second-order valence-corrected chi connectivity index (χ2v) is 6.54. The van der Waals surface area contributed by atoms with E-state index in [2.05, 4.69) is 15.6 Å². The van der Waals surface area contributed by atoms with Gasteiger partial charge in [-0.15, -0.1) is 24.0 Å². The predicted octanol–water partition coefficient (Wildman–Crippen LogP) is 0.257. The molecule has 2 N–H and O–H groups in total. The summed E-state index contributed by atoms with van der Waals surface area (Å²) in [5.41, 5.74) is 0. The summed E-state index contributed by atoms with van der Waals surface area (Å²) in [6.07, 6.45) is 2.03. The van der Waals surface area contributed by atoms with Crippen LogP contribution in [0.5, 0.6) is 0 Å². The van der Waals surface area contributed by atoms with Crippen molar-refractivity contribution in [2.45, 2.75) is 13.3 Å². The molecule has 0 amide bonds. The van der Waals surface area contributed by atoms with Crippen molar-refractivity contribution < 1.29 is 17.9 Å². The van der Waals surface area contributed by atoms with Crippen LogP contribution in [-0.2, 0) is 19.3 Å². The molecule has 21 heavy (non-hydrogen) atoms. The molecule has 0 saturated carbocycles. The molecular weight excluding hydrogens is 409 g/mol. The Balaban J connectivity index is 0. The molecule has 0 rings (SSSR count). The lowest BCUT2D eigenvalue weighted by Gasteiger charge is -2.10. The lowest BCUT2D eigenvalue weighted by Crippen LogP contribution is -2.39. The van der Waals surface area contributed by atoms with Crippen molar-refractivity contribution in [1.29, 1.82) is 0 Å². The molecule has 0 atom stereocenters. The number of rotatable bonds is 11. The van der Waals surface area contributed by atoms with E-state index in [-0.39, 0.29) is 29.7 Å².